The van der Waals surface area contributed by atoms with Crippen LogP contribution in [0.15, 0.2) is 40.2 Å². The summed E-state index contributed by atoms with van der Waals surface area (Å²) in [6, 6.07) is 9.61. The van der Waals surface area contributed by atoms with Crippen LogP contribution in [0.2, 0.25) is 0 Å². The molecule has 1 aromatic carbocycles. The molecule has 0 spiro atoms. The SMILES string of the molecule is C#CCn1c(-c2ccccc2)nc(SC)c(C)c1=O. The number of hydrogen-bond donors (Lipinski definition) is 0. The van der Waals surface area contributed by atoms with E-state index in [1.165, 1.54) is 11.8 Å². The molecule has 0 aliphatic heterocycles. The Kier molecular flexibility index (Phi) is 4.08. The van der Waals surface area contributed by atoms with E-state index in [-0.39, 0.29) is 12.1 Å². The van der Waals surface area contributed by atoms with Crippen LogP contribution in [0.1, 0.15) is 5.56 Å². The molecule has 0 saturated carbocycles. The molecule has 1 heterocycles. The lowest BCUT2D eigenvalue weighted by Crippen LogP contribution is -2.25. The van der Waals surface area contributed by atoms with Gasteiger partial charge in [-0.1, -0.05) is 36.3 Å². The summed E-state index contributed by atoms with van der Waals surface area (Å²) in [5.74, 6) is 3.14. The van der Waals surface area contributed by atoms with E-state index in [9.17, 15) is 4.79 Å². The van der Waals surface area contributed by atoms with Crippen LogP contribution in [0.3, 0.4) is 0 Å². The van der Waals surface area contributed by atoms with E-state index >= 15 is 0 Å². The van der Waals surface area contributed by atoms with Gasteiger partial charge in [-0.15, -0.1) is 18.2 Å². The standard InChI is InChI=1S/C15H14N2OS/c1-4-10-17-13(12-8-6-5-7-9-12)16-14(19-3)11(2)15(17)18/h1,5-9H,10H2,2-3H3. The van der Waals surface area contributed by atoms with E-state index in [4.69, 9.17) is 6.42 Å². The second-order valence-corrected chi connectivity index (χ2v) is 4.83. The molecule has 19 heavy (non-hydrogen) atoms. The highest BCUT2D eigenvalue weighted by molar-refractivity contribution is 7.98. The Bertz CT molecular complexity index is 684. The normalized spacial score (nSPS) is 10.2. The number of benzene rings is 1. The van der Waals surface area contributed by atoms with Gasteiger partial charge in [0.25, 0.3) is 5.56 Å². The number of rotatable bonds is 3. The largest absolute Gasteiger partial charge is 0.281 e. The second kappa shape index (κ2) is 5.77. The molecule has 2 rings (SSSR count). The lowest BCUT2D eigenvalue weighted by atomic mass is 10.2. The first-order chi connectivity index (χ1) is 9.19. The molecule has 0 aliphatic rings. The van der Waals surface area contributed by atoms with Crippen molar-refractivity contribution < 1.29 is 0 Å². The predicted octanol–water partition coefficient (Wildman–Crippen LogP) is 2.57. The number of nitrogens with zero attached hydrogens (tertiary/aromatic N) is 2. The molecule has 0 N–H and O–H groups in total. The fourth-order valence-corrected chi connectivity index (χ4v) is 2.45. The molecular formula is C15H14N2OS. The van der Waals surface area contributed by atoms with Crippen molar-refractivity contribution >= 4 is 11.8 Å². The molecule has 3 nitrogen and oxygen atoms in total. The van der Waals surface area contributed by atoms with Gasteiger partial charge >= 0.3 is 0 Å². The van der Waals surface area contributed by atoms with Gasteiger partial charge in [0.05, 0.1) is 6.54 Å². The molecule has 0 unspecified atom stereocenters. The fraction of sp³-hybridized carbons (Fsp3) is 0.200. The Morgan fingerprint density at radius 2 is 2.05 bits per heavy atom. The van der Waals surface area contributed by atoms with Crippen molar-refractivity contribution in [2.75, 3.05) is 6.26 Å². The number of terminal acetylenes is 1. The summed E-state index contributed by atoms with van der Waals surface area (Å²) >= 11 is 1.47. The van der Waals surface area contributed by atoms with Crippen molar-refractivity contribution in [3.8, 4) is 23.7 Å². The minimum Gasteiger partial charge on any atom is -0.281 e. The summed E-state index contributed by atoms with van der Waals surface area (Å²) in [7, 11) is 0. The summed E-state index contributed by atoms with van der Waals surface area (Å²) in [5, 5.41) is 0.747. The average Bonchev–Trinajstić information content (AvgIpc) is 2.45. The smallest absolute Gasteiger partial charge is 0.258 e. The Morgan fingerprint density at radius 3 is 2.63 bits per heavy atom. The third kappa shape index (κ3) is 2.56. The van der Waals surface area contributed by atoms with Crippen LogP contribution in [-0.2, 0) is 6.54 Å². The van der Waals surface area contributed by atoms with Crippen LogP contribution in [0, 0.1) is 19.3 Å². The molecular weight excluding hydrogens is 256 g/mol. The Balaban J connectivity index is 2.75. The summed E-state index contributed by atoms with van der Waals surface area (Å²) < 4.78 is 1.55. The lowest BCUT2D eigenvalue weighted by Gasteiger charge is -2.13. The zero-order chi connectivity index (χ0) is 13.8. The summed E-state index contributed by atoms with van der Waals surface area (Å²) in [6.45, 7) is 2.01. The molecule has 0 radical (unpaired) electrons. The Labute approximate surface area is 116 Å². The molecule has 0 fully saturated rings. The van der Waals surface area contributed by atoms with Gasteiger partial charge in [0.1, 0.15) is 10.9 Å². The Morgan fingerprint density at radius 1 is 1.37 bits per heavy atom. The number of thioether (sulfide) groups is 1. The molecule has 0 bridgehead atoms. The zero-order valence-electron chi connectivity index (χ0n) is 10.9. The minimum atomic E-state index is -0.0730. The highest BCUT2D eigenvalue weighted by atomic mass is 32.2. The van der Waals surface area contributed by atoms with Crippen LogP contribution in [0.5, 0.6) is 0 Å². The van der Waals surface area contributed by atoms with Crippen molar-refractivity contribution in [3.63, 3.8) is 0 Å². The van der Waals surface area contributed by atoms with Crippen LogP contribution in [0.4, 0.5) is 0 Å². The maximum absolute atomic E-state index is 12.3. The molecule has 2 aromatic rings. The van der Waals surface area contributed by atoms with Gasteiger partial charge < -0.3 is 0 Å². The van der Waals surface area contributed by atoms with Gasteiger partial charge in [-0.25, -0.2) is 4.98 Å². The topological polar surface area (TPSA) is 34.9 Å². The predicted molar refractivity (Wildman–Crippen MR) is 79.3 cm³/mol. The average molecular weight is 270 g/mol. The minimum absolute atomic E-state index is 0.0730. The first kappa shape index (κ1) is 13.4. The van der Waals surface area contributed by atoms with Gasteiger partial charge in [-0.2, -0.15) is 0 Å². The van der Waals surface area contributed by atoms with Crippen molar-refractivity contribution in [1.29, 1.82) is 0 Å². The summed E-state index contributed by atoms with van der Waals surface area (Å²) in [5.41, 5.74) is 1.46. The quantitative estimate of drug-likeness (QED) is 0.488. The van der Waals surface area contributed by atoms with Crippen LogP contribution in [-0.4, -0.2) is 15.8 Å². The van der Waals surface area contributed by atoms with Gasteiger partial charge in [-0.05, 0) is 13.2 Å². The molecule has 4 heteroatoms. The summed E-state index contributed by atoms with van der Waals surface area (Å²) in [4.78, 5) is 16.9. The van der Waals surface area contributed by atoms with E-state index in [0.717, 1.165) is 10.6 Å². The van der Waals surface area contributed by atoms with Gasteiger partial charge in [0.2, 0.25) is 0 Å². The van der Waals surface area contributed by atoms with E-state index < -0.39 is 0 Å². The Hall–Kier alpha value is -1.99. The maximum Gasteiger partial charge on any atom is 0.258 e. The van der Waals surface area contributed by atoms with Gasteiger partial charge in [-0.3, -0.25) is 9.36 Å². The third-order valence-electron chi connectivity index (χ3n) is 2.82. The lowest BCUT2D eigenvalue weighted by molar-refractivity contribution is 0.749. The van der Waals surface area contributed by atoms with Crippen LogP contribution >= 0.6 is 11.8 Å². The maximum atomic E-state index is 12.3. The van der Waals surface area contributed by atoms with Crippen LogP contribution in [0.25, 0.3) is 11.4 Å². The third-order valence-corrected chi connectivity index (χ3v) is 3.61. The number of hydrogen-bond acceptors (Lipinski definition) is 3. The molecule has 96 valence electrons. The van der Waals surface area contributed by atoms with E-state index in [1.807, 2.05) is 36.6 Å². The van der Waals surface area contributed by atoms with E-state index in [1.54, 1.807) is 11.5 Å². The fourth-order valence-electron chi connectivity index (χ4n) is 1.87. The number of aromatic nitrogens is 2. The first-order valence-electron chi connectivity index (χ1n) is 5.83. The summed E-state index contributed by atoms with van der Waals surface area (Å²) in [6.07, 6.45) is 7.27. The molecule has 0 saturated heterocycles. The van der Waals surface area contributed by atoms with E-state index in [0.29, 0.717) is 11.4 Å². The molecule has 1 aromatic heterocycles. The van der Waals surface area contributed by atoms with Gasteiger partial charge in [0, 0.05) is 11.1 Å². The molecule has 0 aliphatic carbocycles. The van der Waals surface area contributed by atoms with Crippen molar-refractivity contribution in [3.05, 3.63) is 46.2 Å². The van der Waals surface area contributed by atoms with Crippen molar-refractivity contribution in [2.45, 2.75) is 18.5 Å². The second-order valence-electron chi connectivity index (χ2n) is 4.03. The first-order valence-corrected chi connectivity index (χ1v) is 7.05. The van der Waals surface area contributed by atoms with Gasteiger partial charge in [0.15, 0.2) is 0 Å². The highest BCUT2D eigenvalue weighted by Crippen LogP contribution is 2.21. The molecule has 0 amide bonds. The molecule has 0 atom stereocenters. The zero-order valence-corrected chi connectivity index (χ0v) is 11.7. The van der Waals surface area contributed by atoms with Crippen LogP contribution < -0.4 is 5.56 Å². The van der Waals surface area contributed by atoms with Crippen molar-refractivity contribution in [2.24, 2.45) is 0 Å². The van der Waals surface area contributed by atoms with Crippen molar-refractivity contribution in [1.82, 2.24) is 9.55 Å². The monoisotopic (exact) mass is 270 g/mol. The highest BCUT2D eigenvalue weighted by Gasteiger charge is 2.13. The van der Waals surface area contributed by atoms with E-state index in [2.05, 4.69) is 10.9 Å².